The highest BCUT2D eigenvalue weighted by Gasteiger charge is 2.31. The van der Waals surface area contributed by atoms with Crippen LogP contribution in [0.4, 0.5) is 13.2 Å². The van der Waals surface area contributed by atoms with Crippen LogP contribution in [0.2, 0.25) is 5.02 Å². The molecule has 3 rings (SSSR count). The summed E-state index contributed by atoms with van der Waals surface area (Å²) in [6.07, 6.45) is -3.97. The van der Waals surface area contributed by atoms with Gasteiger partial charge in [0.25, 0.3) is 0 Å². The lowest BCUT2D eigenvalue weighted by molar-refractivity contribution is -0.138. The Morgan fingerprint density at radius 1 is 1.12 bits per heavy atom. The SMILES string of the molecule is CC(C)(C)CC(=O)N(Cc1ccc(C(F)(F)F)cc1)C[C@@H]1CC(c2ccccc2Cl)=NO1. The number of oxime groups is 1. The average Bonchev–Trinajstić information content (AvgIpc) is 3.14. The third kappa shape index (κ3) is 6.48. The first-order valence-corrected chi connectivity index (χ1v) is 10.7. The van der Waals surface area contributed by atoms with Crippen molar-refractivity contribution in [2.24, 2.45) is 10.6 Å². The molecule has 0 fully saturated rings. The number of alkyl halides is 3. The molecule has 0 bridgehead atoms. The molecule has 0 saturated heterocycles. The zero-order valence-electron chi connectivity index (χ0n) is 18.2. The summed E-state index contributed by atoms with van der Waals surface area (Å²) in [7, 11) is 0. The van der Waals surface area contributed by atoms with Crippen molar-refractivity contribution in [3.63, 3.8) is 0 Å². The Morgan fingerprint density at radius 3 is 2.38 bits per heavy atom. The van der Waals surface area contributed by atoms with Gasteiger partial charge in [0.1, 0.15) is 0 Å². The van der Waals surface area contributed by atoms with Gasteiger partial charge in [-0.2, -0.15) is 13.2 Å². The summed E-state index contributed by atoms with van der Waals surface area (Å²) in [4.78, 5) is 20.2. The molecule has 1 heterocycles. The Labute approximate surface area is 191 Å². The van der Waals surface area contributed by atoms with Crippen LogP contribution >= 0.6 is 11.6 Å². The van der Waals surface area contributed by atoms with Gasteiger partial charge in [0.15, 0.2) is 6.10 Å². The van der Waals surface area contributed by atoms with Gasteiger partial charge in [0, 0.05) is 30.0 Å². The van der Waals surface area contributed by atoms with E-state index in [2.05, 4.69) is 5.16 Å². The lowest BCUT2D eigenvalue weighted by Crippen LogP contribution is -2.38. The summed E-state index contributed by atoms with van der Waals surface area (Å²) in [5, 5.41) is 4.72. The van der Waals surface area contributed by atoms with Crippen LogP contribution in [0.5, 0.6) is 0 Å². The zero-order chi connectivity index (χ0) is 23.5. The van der Waals surface area contributed by atoms with E-state index >= 15 is 0 Å². The predicted molar refractivity (Wildman–Crippen MR) is 118 cm³/mol. The van der Waals surface area contributed by atoms with E-state index in [1.807, 2.05) is 39.0 Å². The molecule has 0 unspecified atom stereocenters. The van der Waals surface area contributed by atoms with E-state index in [-0.39, 0.29) is 30.5 Å². The van der Waals surface area contributed by atoms with E-state index < -0.39 is 11.7 Å². The van der Waals surface area contributed by atoms with Crippen LogP contribution < -0.4 is 0 Å². The number of carbonyl (C=O) groups is 1. The molecule has 2 aromatic rings. The van der Waals surface area contributed by atoms with E-state index in [1.165, 1.54) is 12.1 Å². The number of carbonyl (C=O) groups excluding carboxylic acids is 1. The monoisotopic (exact) mass is 466 g/mol. The third-order valence-corrected chi connectivity index (χ3v) is 5.36. The van der Waals surface area contributed by atoms with Gasteiger partial charge in [-0.3, -0.25) is 4.79 Å². The molecule has 172 valence electrons. The van der Waals surface area contributed by atoms with Crippen molar-refractivity contribution >= 4 is 23.2 Å². The fourth-order valence-corrected chi connectivity index (χ4v) is 3.71. The topological polar surface area (TPSA) is 41.9 Å². The summed E-state index contributed by atoms with van der Waals surface area (Å²) >= 11 is 6.25. The predicted octanol–water partition coefficient (Wildman–Crippen LogP) is 6.32. The maximum atomic E-state index is 13.0. The Balaban J connectivity index is 1.72. The van der Waals surface area contributed by atoms with Crippen LogP contribution in [0.1, 0.15) is 50.3 Å². The van der Waals surface area contributed by atoms with Gasteiger partial charge in [0.05, 0.1) is 17.8 Å². The molecule has 0 aliphatic carbocycles. The number of nitrogens with zero attached hydrogens (tertiary/aromatic N) is 2. The quantitative estimate of drug-likeness (QED) is 0.500. The van der Waals surface area contributed by atoms with Gasteiger partial charge in [-0.1, -0.05) is 67.9 Å². The fraction of sp³-hybridized carbons (Fsp3) is 0.417. The fourth-order valence-electron chi connectivity index (χ4n) is 3.47. The molecular weight excluding hydrogens is 441 g/mol. The number of hydrogen-bond acceptors (Lipinski definition) is 3. The van der Waals surface area contributed by atoms with Crippen molar-refractivity contribution in [2.75, 3.05) is 6.54 Å². The molecular formula is C24H26ClF3N2O2. The Bertz CT molecular complexity index is 982. The molecule has 8 heteroatoms. The lowest BCUT2D eigenvalue weighted by atomic mass is 9.91. The van der Waals surface area contributed by atoms with Crippen molar-refractivity contribution in [3.05, 3.63) is 70.2 Å². The standard InChI is InChI=1S/C24H26ClF3N2O2/c1-23(2,3)13-22(31)30(14-16-8-10-17(11-9-16)24(26,27)28)15-18-12-21(29-32-18)19-6-4-5-7-20(19)25/h4-11,18H,12-15H2,1-3H3/t18-/m0/s1. The highest BCUT2D eigenvalue weighted by Crippen LogP contribution is 2.30. The summed E-state index contributed by atoms with van der Waals surface area (Å²) < 4.78 is 38.6. The largest absolute Gasteiger partial charge is 0.416 e. The van der Waals surface area contributed by atoms with Crippen molar-refractivity contribution in [1.29, 1.82) is 0 Å². The maximum Gasteiger partial charge on any atom is 0.416 e. The molecule has 0 N–H and O–H groups in total. The van der Waals surface area contributed by atoms with Crippen LogP contribution in [0.15, 0.2) is 53.7 Å². The second kappa shape index (κ2) is 9.53. The van der Waals surface area contributed by atoms with E-state index in [0.29, 0.717) is 29.1 Å². The molecule has 1 aliphatic heterocycles. The van der Waals surface area contributed by atoms with Crippen molar-refractivity contribution in [2.45, 2.75) is 52.4 Å². The lowest BCUT2D eigenvalue weighted by Gasteiger charge is -2.28. The number of benzene rings is 2. The van der Waals surface area contributed by atoms with Gasteiger partial charge in [-0.05, 0) is 29.2 Å². The highest BCUT2D eigenvalue weighted by atomic mass is 35.5. The molecule has 4 nitrogen and oxygen atoms in total. The molecule has 1 amide bonds. The van der Waals surface area contributed by atoms with E-state index in [9.17, 15) is 18.0 Å². The molecule has 32 heavy (non-hydrogen) atoms. The summed E-state index contributed by atoms with van der Waals surface area (Å²) in [5.41, 5.74) is 1.16. The summed E-state index contributed by atoms with van der Waals surface area (Å²) in [6, 6.07) is 12.2. The second-order valence-corrected chi connectivity index (χ2v) is 9.56. The number of amides is 1. The Hall–Kier alpha value is -2.54. The first-order valence-electron chi connectivity index (χ1n) is 10.3. The van der Waals surface area contributed by atoms with Crippen LogP contribution in [0.3, 0.4) is 0 Å². The molecule has 2 aromatic carbocycles. The molecule has 0 spiro atoms. The number of hydrogen-bond donors (Lipinski definition) is 0. The van der Waals surface area contributed by atoms with Crippen molar-refractivity contribution in [1.82, 2.24) is 4.90 Å². The van der Waals surface area contributed by atoms with Crippen LogP contribution in [-0.4, -0.2) is 29.2 Å². The maximum absolute atomic E-state index is 13.0. The Morgan fingerprint density at radius 2 is 1.78 bits per heavy atom. The molecule has 0 aromatic heterocycles. The normalized spacial score (nSPS) is 16.5. The highest BCUT2D eigenvalue weighted by molar-refractivity contribution is 6.34. The van der Waals surface area contributed by atoms with Gasteiger partial charge >= 0.3 is 6.18 Å². The van der Waals surface area contributed by atoms with Gasteiger partial charge in [-0.15, -0.1) is 0 Å². The van der Waals surface area contributed by atoms with E-state index in [1.54, 1.807) is 11.0 Å². The number of rotatable bonds is 6. The second-order valence-electron chi connectivity index (χ2n) is 9.16. The van der Waals surface area contributed by atoms with Gasteiger partial charge in [-0.25, -0.2) is 0 Å². The van der Waals surface area contributed by atoms with E-state index in [0.717, 1.165) is 17.7 Å². The molecule has 0 radical (unpaired) electrons. The van der Waals surface area contributed by atoms with Crippen LogP contribution in [-0.2, 0) is 22.4 Å². The van der Waals surface area contributed by atoms with Crippen LogP contribution in [0, 0.1) is 5.41 Å². The minimum absolute atomic E-state index is 0.0906. The average molecular weight is 467 g/mol. The van der Waals surface area contributed by atoms with Crippen molar-refractivity contribution < 1.29 is 22.8 Å². The summed E-state index contributed by atoms with van der Waals surface area (Å²) in [5.74, 6) is -0.0906. The van der Waals surface area contributed by atoms with Crippen molar-refractivity contribution in [3.8, 4) is 0 Å². The first-order chi connectivity index (χ1) is 14.9. The molecule has 1 atom stereocenters. The zero-order valence-corrected chi connectivity index (χ0v) is 19.0. The van der Waals surface area contributed by atoms with Crippen LogP contribution in [0.25, 0.3) is 0 Å². The minimum atomic E-state index is -4.40. The van der Waals surface area contributed by atoms with Gasteiger partial charge in [0.2, 0.25) is 5.91 Å². The first kappa shape index (κ1) is 24.1. The summed E-state index contributed by atoms with van der Waals surface area (Å²) in [6.45, 7) is 6.35. The number of halogens is 4. The smallest absolute Gasteiger partial charge is 0.390 e. The Kier molecular flexibility index (Phi) is 7.18. The molecule has 0 saturated carbocycles. The van der Waals surface area contributed by atoms with Gasteiger partial charge < -0.3 is 9.74 Å². The third-order valence-electron chi connectivity index (χ3n) is 5.03. The van der Waals surface area contributed by atoms with E-state index in [4.69, 9.17) is 16.4 Å². The molecule has 1 aliphatic rings. The minimum Gasteiger partial charge on any atom is -0.390 e.